The highest BCUT2D eigenvalue weighted by atomic mass is 32.2. The molecule has 3 rings (SSSR count). The topological polar surface area (TPSA) is 130 Å². The van der Waals surface area contributed by atoms with E-state index in [1.807, 2.05) is 30.3 Å². The molecule has 0 aliphatic carbocycles. The molecule has 1 heterocycles. The van der Waals surface area contributed by atoms with Crippen molar-refractivity contribution in [2.45, 2.75) is 23.6 Å². The second kappa shape index (κ2) is 9.95. The van der Waals surface area contributed by atoms with Gasteiger partial charge in [-0.25, -0.2) is 0 Å². The molecule has 2 aromatic rings. The summed E-state index contributed by atoms with van der Waals surface area (Å²) in [6.45, 7) is 0. The van der Waals surface area contributed by atoms with Gasteiger partial charge in [0.2, 0.25) is 0 Å². The number of para-hydroxylation sites is 2. The van der Waals surface area contributed by atoms with Crippen molar-refractivity contribution in [3.05, 3.63) is 54.6 Å². The van der Waals surface area contributed by atoms with Crippen LogP contribution < -0.4 is 10.5 Å². The summed E-state index contributed by atoms with van der Waals surface area (Å²) in [5, 5.41) is 18.3. The van der Waals surface area contributed by atoms with Crippen LogP contribution in [0.4, 0.5) is 0 Å². The van der Waals surface area contributed by atoms with Gasteiger partial charge in [-0.3, -0.25) is 10.3 Å². The van der Waals surface area contributed by atoms with E-state index < -0.39 is 28.2 Å². The standard InChI is InChI=1S/C12H17NO5S2.C6H6O/c13-12-8(5-9(14)7-20(15,16)17)6-19-11-4-2-1-3-10(11)18-12;7-6-4-2-1-3-5-6/h1-4,8-9,12,14H,5-7,13H2,(H,15,16,17);1-5,7H. The molecule has 7 nitrogen and oxygen atoms in total. The van der Waals surface area contributed by atoms with Gasteiger partial charge in [0.05, 0.1) is 6.10 Å². The molecule has 3 unspecified atom stereocenters. The number of nitrogens with two attached hydrogens (primary N) is 1. The van der Waals surface area contributed by atoms with E-state index in [0.717, 1.165) is 4.90 Å². The number of phenols is 1. The van der Waals surface area contributed by atoms with Crippen molar-refractivity contribution in [1.82, 2.24) is 0 Å². The summed E-state index contributed by atoms with van der Waals surface area (Å²) in [5.41, 5.74) is 5.95. The number of hydrogen-bond acceptors (Lipinski definition) is 7. The number of thioether (sulfide) groups is 1. The fourth-order valence-electron chi connectivity index (χ4n) is 2.49. The summed E-state index contributed by atoms with van der Waals surface area (Å²) in [6, 6.07) is 16.2. The molecule has 0 aromatic heterocycles. The molecule has 0 spiro atoms. The first-order valence-electron chi connectivity index (χ1n) is 8.26. The first-order chi connectivity index (χ1) is 12.7. The Morgan fingerprint density at radius 1 is 1.15 bits per heavy atom. The largest absolute Gasteiger partial charge is 0.508 e. The van der Waals surface area contributed by atoms with Gasteiger partial charge in [-0.1, -0.05) is 30.3 Å². The van der Waals surface area contributed by atoms with Crippen LogP contribution in [-0.4, -0.2) is 47.0 Å². The Bertz CT molecular complexity index is 816. The van der Waals surface area contributed by atoms with E-state index in [9.17, 15) is 13.5 Å². The molecule has 1 aliphatic rings. The molecule has 5 N–H and O–H groups in total. The summed E-state index contributed by atoms with van der Waals surface area (Å²) < 4.78 is 35.8. The lowest BCUT2D eigenvalue weighted by molar-refractivity contribution is 0.0986. The molecule has 3 atom stereocenters. The van der Waals surface area contributed by atoms with Gasteiger partial charge in [-0.05, 0) is 30.7 Å². The zero-order valence-corrected chi connectivity index (χ0v) is 16.1. The van der Waals surface area contributed by atoms with Crippen LogP contribution in [0.3, 0.4) is 0 Å². The maximum Gasteiger partial charge on any atom is 0.267 e. The van der Waals surface area contributed by atoms with Gasteiger partial charge >= 0.3 is 0 Å². The summed E-state index contributed by atoms with van der Waals surface area (Å²) in [7, 11) is -4.19. The molecular weight excluding hydrogens is 390 g/mol. The van der Waals surface area contributed by atoms with E-state index in [2.05, 4.69) is 0 Å². The molecular formula is C18H23NO6S2. The summed E-state index contributed by atoms with van der Waals surface area (Å²) in [5.74, 6) is 0.734. The fraction of sp³-hybridized carbons (Fsp3) is 0.333. The minimum Gasteiger partial charge on any atom is -0.508 e. The van der Waals surface area contributed by atoms with E-state index in [1.165, 1.54) is 0 Å². The highest BCUT2D eigenvalue weighted by Crippen LogP contribution is 2.36. The zero-order valence-electron chi connectivity index (χ0n) is 14.5. The van der Waals surface area contributed by atoms with Crippen molar-refractivity contribution in [3.63, 3.8) is 0 Å². The average Bonchev–Trinajstić information content (AvgIpc) is 2.74. The number of aromatic hydroxyl groups is 1. The Hall–Kier alpha value is -1.78. The van der Waals surface area contributed by atoms with Gasteiger partial charge < -0.3 is 14.9 Å². The minimum atomic E-state index is -4.19. The van der Waals surface area contributed by atoms with Gasteiger partial charge in [0.15, 0.2) is 6.23 Å². The van der Waals surface area contributed by atoms with Crippen molar-refractivity contribution in [3.8, 4) is 11.5 Å². The monoisotopic (exact) mass is 413 g/mol. The number of rotatable bonds is 4. The average molecular weight is 414 g/mol. The van der Waals surface area contributed by atoms with Crippen LogP contribution in [0.15, 0.2) is 59.5 Å². The first-order valence-corrected chi connectivity index (χ1v) is 10.9. The predicted octanol–water partition coefficient (Wildman–Crippen LogP) is 2.10. The normalized spacial score (nSPS) is 20.3. The van der Waals surface area contributed by atoms with Crippen LogP contribution in [0.5, 0.6) is 11.5 Å². The number of ether oxygens (including phenoxy) is 1. The molecule has 0 bridgehead atoms. The third kappa shape index (κ3) is 7.77. The van der Waals surface area contributed by atoms with Crippen LogP contribution >= 0.6 is 11.8 Å². The van der Waals surface area contributed by atoms with Gasteiger partial charge in [-0.15, -0.1) is 11.8 Å². The van der Waals surface area contributed by atoms with E-state index in [-0.39, 0.29) is 12.3 Å². The fourth-order valence-corrected chi connectivity index (χ4v) is 4.27. The van der Waals surface area contributed by atoms with Crippen molar-refractivity contribution in [1.29, 1.82) is 0 Å². The molecule has 0 saturated heterocycles. The number of hydrogen-bond donors (Lipinski definition) is 4. The van der Waals surface area contributed by atoms with Crippen molar-refractivity contribution in [2.24, 2.45) is 11.7 Å². The molecule has 0 radical (unpaired) electrons. The number of aliphatic hydroxyl groups is 1. The Morgan fingerprint density at radius 3 is 2.37 bits per heavy atom. The molecule has 1 aliphatic heterocycles. The second-order valence-electron chi connectivity index (χ2n) is 6.07. The highest BCUT2D eigenvalue weighted by molar-refractivity contribution is 7.99. The molecule has 2 aromatic carbocycles. The first kappa shape index (κ1) is 21.5. The van der Waals surface area contributed by atoms with Gasteiger partial charge in [0.1, 0.15) is 17.3 Å². The smallest absolute Gasteiger partial charge is 0.267 e. The lowest BCUT2D eigenvalue weighted by atomic mass is 10.0. The third-order valence-electron chi connectivity index (χ3n) is 3.76. The van der Waals surface area contributed by atoms with Crippen LogP contribution in [0.1, 0.15) is 6.42 Å². The Labute approximate surface area is 162 Å². The maximum absolute atomic E-state index is 10.7. The Balaban J connectivity index is 0.000000313. The lowest BCUT2D eigenvalue weighted by Gasteiger charge is -2.23. The number of phenolic OH excluding ortho intramolecular Hbond substituents is 1. The van der Waals surface area contributed by atoms with E-state index >= 15 is 0 Å². The SMILES string of the molecule is NC1Oc2ccccc2SCC1CC(O)CS(=O)(=O)O.Oc1ccccc1. The second-order valence-corrected chi connectivity index (χ2v) is 8.63. The highest BCUT2D eigenvalue weighted by Gasteiger charge is 2.28. The molecule has 27 heavy (non-hydrogen) atoms. The van der Waals surface area contributed by atoms with Gasteiger partial charge in [0.25, 0.3) is 10.1 Å². The van der Waals surface area contributed by atoms with Crippen molar-refractivity contribution < 1.29 is 27.9 Å². The molecule has 9 heteroatoms. The van der Waals surface area contributed by atoms with Gasteiger partial charge in [0, 0.05) is 16.6 Å². The number of benzene rings is 2. The zero-order chi connectivity index (χ0) is 19.9. The van der Waals surface area contributed by atoms with Crippen LogP contribution in [0, 0.1) is 5.92 Å². The third-order valence-corrected chi connectivity index (χ3v) is 5.81. The van der Waals surface area contributed by atoms with Crippen molar-refractivity contribution >= 4 is 21.9 Å². The molecule has 0 saturated carbocycles. The number of fused-ring (bicyclic) bond motifs is 1. The van der Waals surface area contributed by atoms with Crippen molar-refractivity contribution in [2.75, 3.05) is 11.5 Å². The molecule has 0 amide bonds. The van der Waals surface area contributed by atoms with Crippen LogP contribution in [0.25, 0.3) is 0 Å². The molecule has 148 valence electrons. The maximum atomic E-state index is 10.7. The minimum absolute atomic E-state index is 0.155. The van der Waals surface area contributed by atoms with Gasteiger partial charge in [-0.2, -0.15) is 8.42 Å². The predicted molar refractivity (Wildman–Crippen MR) is 104 cm³/mol. The quantitative estimate of drug-likeness (QED) is 0.561. The van der Waals surface area contributed by atoms with E-state index in [0.29, 0.717) is 17.3 Å². The molecule has 0 fully saturated rings. The summed E-state index contributed by atoms with van der Waals surface area (Å²) in [4.78, 5) is 0.967. The van der Waals surface area contributed by atoms with E-state index in [4.69, 9.17) is 20.1 Å². The Kier molecular flexibility index (Phi) is 7.93. The van der Waals surface area contributed by atoms with Crippen LogP contribution in [0.2, 0.25) is 0 Å². The Morgan fingerprint density at radius 2 is 1.78 bits per heavy atom. The number of aliphatic hydroxyl groups excluding tert-OH is 1. The summed E-state index contributed by atoms with van der Waals surface area (Å²) >= 11 is 1.55. The van der Waals surface area contributed by atoms with Crippen LogP contribution in [-0.2, 0) is 10.1 Å². The summed E-state index contributed by atoms with van der Waals surface area (Å²) in [6.07, 6.45) is -1.63. The lowest BCUT2D eigenvalue weighted by Crippen LogP contribution is -2.39. The van der Waals surface area contributed by atoms with E-state index in [1.54, 1.807) is 36.0 Å².